The van der Waals surface area contributed by atoms with Crippen LogP contribution < -0.4 is 20.1 Å². The van der Waals surface area contributed by atoms with Gasteiger partial charge in [-0.3, -0.25) is 4.68 Å². The van der Waals surface area contributed by atoms with E-state index in [0.29, 0.717) is 18.0 Å². The summed E-state index contributed by atoms with van der Waals surface area (Å²) in [7, 11) is 1.60. The van der Waals surface area contributed by atoms with Crippen LogP contribution in [0.4, 0.5) is 0 Å². The van der Waals surface area contributed by atoms with E-state index >= 15 is 0 Å². The number of aliphatic hydroxyl groups is 1. The van der Waals surface area contributed by atoms with Crippen LogP contribution in [0.15, 0.2) is 29.3 Å². The second-order valence-corrected chi connectivity index (χ2v) is 6.68. The summed E-state index contributed by atoms with van der Waals surface area (Å²) >= 11 is 0. The highest BCUT2D eigenvalue weighted by atomic mass is 16.5. The van der Waals surface area contributed by atoms with Crippen molar-refractivity contribution in [1.82, 2.24) is 20.4 Å². The van der Waals surface area contributed by atoms with Crippen molar-refractivity contribution in [3.8, 4) is 11.5 Å². The lowest BCUT2D eigenvalue weighted by Crippen LogP contribution is -2.38. The van der Waals surface area contributed by atoms with E-state index in [-0.39, 0.29) is 13.2 Å². The molecule has 0 radical (unpaired) electrons. The standard InChI is InChI=1S/C21H33N5O3/c1-5-22-21(23-9-6-10-26-17(3)13-16(2)25-26)24-15-18-7-8-19(29-12-11-27)20(14-18)28-4/h7-8,13-14,27H,5-6,9-12,15H2,1-4H3,(H2,22,23,24). The van der Waals surface area contributed by atoms with Gasteiger partial charge in [0, 0.05) is 25.3 Å². The van der Waals surface area contributed by atoms with Gasteiger partial charge in [0.2, 0.25) is 0 Å². The van der Waals surface area contributed by atoms with Gasteiger partial charge >= 0.3 is 0 Å². The number of aliphatic hydroxyl groups excluding tert-OH is 1. The molecule has 3 N–H and O–H groups in total. The van der Waals surface area contributed by atoms with Gasteiger partial charge in [-0.05, 0) is 51.0 Å². The summed E-state index contributed by atoms with van der Waals surface area (Å²) < 4.78 is 12.9. The van der Waals surface area contributed by atoms with Crippen molar-refractivity contribution in [3.05, 3.63) is 41.2 Å². The largest absolute Gasteiger partial charge is 0.493 e. The fourth-order valence-corrected chi connectivity index (χ4v) is 2.93. The molecule has 0 saturated carbocycles. The highest BCUT2D eigenvalue weighted by Crippen LogP contribution is 2.28. The summed E-state index contributed by atoms with van der Waals surface area (Å²) in [4.78, 5) is 4.65. The molecule has 0 spiro atoms. The molecule has 0 aliphatic heterocycles. The highest BCUT2D eigenvalue weighted by molar-refractivity contribution is 5.79. The minimum Gasteiger partial charge on any atom is -0.493 e. The average Bonchev–Trinajstić information content (AvgIpc) is 3.04. The highest BCUT2D eigenvalue weighted by Gasteiger charge is 2.06. The topological polar surface area (TPSA) is 92.9 Å². The Bertz CT molecular complexity index is 789. The molecule has 0 bridgehead atoms. The van der Waals surface area contributed by atoms with E-state index in [1.165, 1.54) is 5.69 Å². The number of ether oxygens (including phenoxy) is 2. The maximum Gasteiger partial charge on any atom is 0.191 e. The Kier molecular flexibility index (Phi) is 9.30. The fraction of sp³-hybridized carbons (Fsp3) is 0.524. The molecule has 29 heavy (non-hydrogen) atoms. The first-order chi connectivity index (χ1) is 14.1. The van der Waals surface area contributed by atoms with Crippen LogP contribution in [-0.4, -0.2) is 54.3 Å². The summed E-state index contributed by atoms with van der Waals surface area (Å²) in [5, 5.41) is 20.0. The third kappa shape index (κ3) is 7.30. The van der Waals surface area contributed by atoms with Gasteiger partial charge in [-0.15, -0.1) is 0 Å². The number of rotatable bonds is 11. The first kappa shape index (κ1) is 22.5. The molecule has 8 heteroatoms. The third-order valence-corrected chi connectivity index (χ3v) is 4.28. The number of benzene rings is 1. The van der Waals surface area contributed by atoms with Crippen LogP contribution in [0.25, 0.3) is 0 Å². The SMILES string of the molecule is CCNC(=NCc1ccc(OCCO)c(OC)c1)NCCCn1nc(C)cc1C. The van der Waals surface area contributed by atoms with Gasteiger partial charge in [0.15, 0.2) is 17.5 Å². The van der Waals surface area contributed by atoms with Crippen LogP contribution in [0, 0.1) is 13.8 Å². The zero-order chi connectivity index (χ0) is 21.1. The first-order valence-electron chi connectivity index (χ1n) is 10.0. The Morgan fingerprint density at radius 2 is 2.03 bits per heavy atom. The van der Waals surface area contributed by atoms with Crippen LogP contribution in [0.1, 0.15) is 30.3 Å². The molecule has 2 rings (SSSR count). The zero-order valence-corrected chi connectivity index (χ0v) is 17.9. The van der Waals surface area contributed by atoms with Crippen molar-refractivity contribution >= 4 is 5.96 Å². The zero-order valence-electron chi connectivity index (χ0n) is 17.9. The van der Waals surface area contributed by atoms with E-state index in [4.69, 9.17) is 14.6 Å². The Morgan fingerprint density at radius 3 is 2.69 bits per heavy atom. The normalized spacial score (nSPS) is 11.4. The number of aliphatic imine (C=N–C) groups is 1. The van der Waals surface area contributed by atoms with E-state index < -0.39 is 0 Å². The Labute approximate surface area is 172 Å². The maximum absolute atomic E-state index is 8.91. The van der Waals surface area contributed by atoms with Crippen molar-refractivity contribution in [2.75, 3.05) is 33.4 Å². The molecular weight excluding hydrogens is 370 g/mol. The molecule has 0 aliphatic carbocycles. The Balaban J connectivity index is 1.89. The molecule has 160 valence electrons. The monoisotopic (exact) mass is 403 g/mol. The summed E-state index contributed by atoms with van der Waals surface area (Å²) in [5.74, 6) is 2.03. The predicted molar refractivity (Wildman–Crippen MR) is 115 cm³/mol. The molecule has 1 aromatic heterocycles. The van der Waals surface area contributed by atoms with E-state index in [9.17, 15) is 0 Å². The number of guanidine groups is 1. The molecule has 0 atom stereocenters. The van der Waals surface area contributed by atoms with E-state index in [0.717, 1.165) is 43.3 Å². The van der Waals surface area contributed by atoms with Gasteiger partial charge in [0.25, 0.3) is 0 Å². The van der Waals surface area contributed by atoms with Crippen molar-refractivity contribution in [2.45, 2.75) is 40.3 Å². The van der Waals surface area contributed by atoms with Gasteiger partial charge in [-0.25, -0.2) is 4.99 Å². The van der Waals surface area contributed by atoms with Crippen molar-refractivity contribution in [3.63, 3.8) is 0 Å². The van der Waals surface area contributed by atoms with Gasteiger partial charge in [0.05, 0.1) is 26.0 Å². The molecule has 0 saturated heterocycles. The molecule has 0 aliphatic rings. The lowest BCUT2D eigenvalue weighted by atomic mass is 10.2. The molecular formula is C21H33N5O3. The lowest BCUT2D eigenvalue weighted by Gasteiger charge is -2.13. The maximum atomic E-state index is 8.91. The summed E-state index contributed by atoms with van der Waals surface area (Å²) in [6.45, 7) is 9.32. The van der Waals surface area contributed by atoms with Crippen LogP contribution in [0.2, 0.25) is 0 Å². The number of aromatic nitrogens is 2. The molecule has 8 nitrogen and oxygen atoms in total. The van der Waals surface area contributed by atoms with Gasteiger partial charge in [0.1, 0.15) is 6.61 Å². The van der Waals surface area contributed by atoms with E-state index in [2.05, 4.69) is 33.7 Å². The van der Waals surface area contributed by atoms with Gasteiger partial charge < -0.3 is 25.2 Å². The second-order valence-electron chi connectivity index (χ2n) is 6.68. The minimum atomic E-state index is -0.0352. The van der Waals surface area contributed by atoms with Crippen molar-refractivity contribution < 1.29 is 14.6 Å². The van der Waals surface area contributed by atoms with Crippen molar-refractivity contribution in [2.24, 2.45) is 4.99 Å². The van der Waals surface area contributed by atoms with Gasteiger partial charge in [-0.1, -0.05) is 6.07 Å². The average molecular weight is 404 g/mol. The van der Waals surface area contributed by atoms with E-state index in [1.54, 1.807) is 7.11 Å². The van der Waals surface area contributed by atoms with Crippen molar-refractivity contribution in [1.29, 1.82) is 0 Å². The molecule has 1 heterocycles. The molecule has 0 fully saturated rings. The van der Waals surface area contributed by atoms with E-state index in [1.807, 2.05) is 36.7 Å². The fourth-order valence-electron chi connectivity index (χ4n) is 2.93. The number of hydrogen-bond acceptors (Lipinski definition) is 5. The smallest absolute Gasteiger partial charge is 0.191 e. The van der Waals surface area contributed by atoms with Crippen LogP contribution in [0.3, 0.4) is 0 Å². The molecule has 2 aromatic rings. The third-order valence-electron chi connectivity index (χ3n) is 4.28. The molecule has 1 aromatic carbocycles. The predicted octanol–water partition coefficient (Wildman–Crippen LogP) is 2.03. The van der Waals surface area contributed by atoms with Crippen LogP contribution in [-0.2, 0) is 13.1 Å². The molecule has 0 amide bonds. The first-order valence-corrected chi connectivity index (χ1v) is 10.0. The van der Waals surface area contributed by atoms with Gasteiger partial charge in [-0.2, -0.15) is 5.10 Å². The molecule has 0 unspecified atom stereocenters. The Hall–Kier alpha value is -2.74. The number of hydrogen-bond donors (Lipinski definition) is 3. The number of nitrogens with zero attached hydrogens (tertiary/aromatic N) is 3. The minimum absolute atomic E-state index is 0.0352. The Morgan fingerprint density at radius 1 is 1.21 bits per heavy atom. The van der Waals surface area contributed by atoms with Crippen LogP contribution in [0.5, 0.6) is 11.5 Å². The number of aryl methyl sites for hydroxylation is 3. The summed E-state index contributed by atoms with van der Waals surface area (Å²) in [6.07, 6.45) is 0.955. The lowest BCUT2D eigenvalue weighted by molar-refractivity contribution is 0.196. The summed E-state index contributed by atoms with van der Waals surface area (Å²) in [5.41, 5.74) is 3.25. The number of methoxy groups -OCH3 is 1. The van der Waals surface area contributed by atoms with Crippen LogP contribution >= 0.6 is 0 Å². The summed E-state index contributed by atoms with van der Waals surface area (Å²) in [6, 6.07) is 7.79. The quantitative estimate of drug-likeness (QED) is 0.302. The second kappa shape index (κ2) is 12.0. The number of nitrogens with one attached hydrogen (secondary N) is 2.